The van der Waals surface area contributed by atoms with Crippen LogP contribution in [0, 0.1) is 11.3 Å². The zero-order valence-corrected chi connectivity index (χ0v) is 7.76. The highest BCUT2D eigenvalue weighted by Crippen LogP contribution is 2.35. The lowest BCUT2D eigenvalue weighted by Crippen LogP contribution is -2.31. The van der Waals surface area contributed by atoms with Crippen LogP contribution in [0.2, 0.25) is 0 Å². The van der Waals surface area contributed by atoms with E-state index >= 15 is 0 Å². The fourth-order valence-electron chi connectivity index (χ4n) is 2.09. The summed E-state index contributed by atoms with van der Waals surface area (Å²) < 4.78 is 0. The average Bonchev–Trinajstić information content (AvgIpc) is 2.32. The monoisotopic (exact) mass is 171 g/mol. The standard InChI is InChI=1S/C9H17NO2/c1-3-4-9(2)6-10-5-7(9)8(11)12/h7,10H,3-6H2,1-2H3,(H,11,12). The van der Waals surface area contributed by atoms with Gasteiger partial charge in [0, 0.05) is 13.1 Å². The third-order valence-electron chi connectivity index (χ3n) is 2.84. The van der Waals surface area contributed by atoms with Crippen molar-refractivity contribution in [2.75, 3.05) is 13.1 Å². The third-order valence-corrected chi connectivity index (χ3v) is 2.84. The predicted octanol–water partition coefficient (Wildman–Crippen LogP) is 1.10. The van der Waals surface area contributed by atoms with Crippen molar-refractivity contribution in [1.82, 2.24) is 5.32 Å². The fourth-order valence-corrected chi connectivity index (χ4v) is 2.09. The van der Waals surface area contributed by atoms with E-state index in [1.165, 1.54) is 0 Å². The molecule has 12 heavy (non-hydrogen) atoms. The molecule has 1 aliphatic rings. The van der Waals surface area contributed by atoms with Gasteiger partial charge in [-0.3, -0.25) is 4.79 Å². The summed E-state index contributed by atoms with van der Waals surface area (Å²) in [5.74, 6) is -0.853. The van der Waals surface area contributed by atoms with Gasteiger partial charge in [-0.15, -0.1) is 0 Å². The minimum absolute atomic E-state index is 0.0272. The first-order valence-electron chi connectivity index (χ1n) is 4.53. The van der Waals surface area contributed by atoms with E-state index in [2.05, 4.69) is 19.2 Å². The molecule has 1 heterocycles. The van der Waals surface area contributed by atoms with Crippen molar-refractivity contribution in [3.63, 3.8) is 0 Å². The van der Waals surface area contributed by atoms with Gasteiger partial charge >= 0.3 is 5.97 Å². The van der Waals surface area contributed by atoms with Crippen molar-refractivity contribution in [2.24, 2.45) is 11.3 Å². The number of hydrogen-bond acceptors (Lipinski definition) is 2. The molecule has 70 valence electrons. The van der Waals surface area contributed by atoms with Crippen LogP contribution in [0.1, 0.15) is 26.7 Å². The zero-order valence-electron chi connectivity index (χ0n) is 7.76. The summed E-state index contributed by atoms with van der Waals surface area (Å²) in [6, 6.07) is 0. The van der Waals surface area contributed by atoms with Gasteiger partial charge in [0.2, 0.25) is 0 Å². The van der Waals surface area contributed by atoms with Gasteiger partial charge in [-0.05, 0) is 11.8 Å². The van der Waals surface area contributed by atoms with Gasteiger partial charge in [0.15, 0.2) is 0 Å². The molecule has 1 aliphatic heterocycles. The van der Waals surface area contributed by atoms with Crippen LogP contribution >= 0.6 is 0 Å². The summed E-state index contributed by atoms with van der Waals surface area (Å²) >= 11 is 0. The number of nitrogens with one attached hydrogen (secondary N) is 1. The molecule has 0 aromatic heterocycles. The Bertz CT molecular complexity index is 181. The highest BCUT2D eigenvalue weighted by molar-refractivity contribution is 5.71. The quantitative estimate of drug-likeness (QED) is 0.668. The first-order chi connectivity index (χ1) is 5.60. The number of hydrogen-bond donors (Lipinski definition) is 2. The molecule has 0 spiro atoms. The van der Waals surface area contributed by atoms with Crippen LogP contribution in [0.3, 0.4) is 0 Å². The molecule has 1 rings (SSSR count). The van der Waals surface area contributed by atoms with Gasteiger partial charge in [-0.1, -0.05) is 20.3 Å². The fraction of sp³-hybridized carbons (Fsp3) is 0.889. The molecule has 1 saturated heterocycles. The lowest BCUT2D eigenvalue weighted by atomic mass is 9.76. The van der Waals surface area contributed by atoms with E-state index in [0.29, 0.717) is 6.54 Å². The Morgan fingerprint density at radius 2 is 2.42 bits per heavy atom. The Hall–Kier alpha value is -0.570. The molecule has 3 nitrogen and oxygen atoms in total. The molecule has 0 saturated carbocycles. The SMILES string of the molecule is CCCC1(C)CNCC1C(=O)O. The van der Waals surface area contributed by atoms with E-state index in [0.717, 1.165) is 19.4 Å². The van der Waals surface area contributed by atoms with Crippen molar-refractivity contribution in [2.45, 2.75) is 26.7 Å². The Balaban J connectivity index is 2.67. The first kappa shape index (κ1) is 9.52. The van der Waals surface area contributed by atoms with Crippen LogP contribution in [0.4, 0.5) is 0 Å². The molecule has 0 bridgehead atoms. The van der Waals surface area contributed by atoms with Crippen molar-refractivity contribution in [1.29, 1.82) is 0 Å². The van der Waals surface area contributed by atoms with Crippen molar-refractivity contribution in [3.8, 4) is 0 Å². The summed E-state index contributed by atoms with van der Waals surface area (Å²) in [5, 5.41) is 12.1. The van der Waals surface area contributed by atoms with Crippen molar-refractivity contribution in [3.05, 3.63) is 0 Å². The number of carboxylic acids is 1. The lowest BCUT2D eigenvalue weighted by Gasteiger charge is -2.27. The highest BCUT2D eigenvalue weighted by Gasteiger charge is 2.42. The zero-order chi connectivity index (χ0) is 9.19. The summed E-state index contributed by atoms with van der Waals surface area (Å²) in [4.78, 5) is 10.9. The van der Waals surface area contributed by atoms with Crippen LogP contribution in [-0.2, 0) is 4.79 Å². The molecule has 1 fully saturated rings. The summed E-state index contributed by atoms with van der Waals surface area (Å²) in [5.41, 5.74) is -0.0272. The Labute approximate surface area is 73.2 Å². The second kappa shape index (κ2) is 3.44. The van der Waals surface area contributed by atoms with Gasteiger partial charge in [0.1, 0.15) is 0 Å². The van der Waals surface area contributed by atoms with E-state index in [-0.39, 0.29) is 11.3 Å². The molecule has 0 aliphatic carbocycles. The Morgan fingerprint density at radius 1 is 1.75 bits per heavy atom. The molecule has 3 heteroatoms. The van der Waals surface area contributed by atoms with E-state index < -0.39 is 5.97 Å². The van der Waals surface area contributed by atoms with Gasteiger partial charge in [-0.25, -0.2) is 0 Å². The first-order valence-corrected chi connectivity index (χ1v) is 4.53. The van der Waals surface area contributed by atoms with Crippen LogP contribution in [-0.4, -0.2) is 24.2 Å². The Kier molecular flexibility index (Phi) is 2.73. The molecule has 2 atom stereocenters. The molecular formula is C9H17NO2. The Morgan fingerprint density at radius 3 is 2.92 bits per heavy atom. The van der Waals surface area contributed by atoms with Gasteiger partial charge in [0.25, 0.3) is 0 Å². The molecule has 0 aromatic carbocycles. The van der Waals surface area contributed by atoms with Gasteiger partial charge in [0.05, 0.1) is 5.92 Å². The maximum atomic E-state index is 10.9. The number of carboxylic acid groups (broad SMARTS) is 1. The average molecular weight is 171 g/mol. The minimum atomic E-state index is -0.657. The van der Waals surface area contributed by atoms with Crippen LogP contribution in [0.15, 0.2) is 0 Å². The van der Waals surface area contributed by atoms with E-state index in [1.807, 2.05) is 0 Å². The summed E-state index contributed by atoms with van der Waals surface area (Å²) in [7, 11) is 0. The van der Waals surface area contributed by atoms with E-state index in [4.69, 9.17) is 5.11 Å². The molecular weight excluding hydrogens is 154 g/mol. The second-order valence-corrected chi connectivity index (χ2v) is 3.93. The molecule has 0 aromatic rings. The van der Waals surface area contributed by atoms with E-state index in [1.54, 1.807) is 0 Å². The highest BCUT2D eigenvalue weighted by atomic mass is 16.4. The van der Waals surface area contributed by atoms with Crippen LogP contribution in [0.5, 0.6) is 0 Å². The van der Waals surface area contributed by atoms with Gasteiger partial charge in [-0.2, -0.15) is 0 Å². The second-order valence-electron chi connectivity index (χ2n) is 3.93. The number of carbonyl (C=O) groups is 1. The largest absolute Gasteiger partial charge is 0.481 e. The topological polar surface area (TPSA) is 49.3 Å². The molecule has 2 unspecified atom stereocenters. The van der Waals surface area contributed by atoms with Crippen molar-refractivity contribution < 1.29 is 9.90 Å². The predicted molar refractivity (Wildman–Crippen MR) is 47.0 cm³/mol. The van der Waals surface area contributed by atoms with E-state index in [9.17, 15) is 4.79 Å². The lowest BCUT2D eigenvalue weighted by molar-refractivity contribution is -0.144. The normalized spacial score (nSPS) is 35.3. The molecule has 0 amide bonds. The minimum Gasteiger partial charge on any atom is -0.481 e. The van der Waals surface area contributed by atoms with Crippen LogP contribution in [0.25, 0.3) is 0 Å². The summed E-state index contributed by atoms with van der Waals surface area (Å²) in [6.07, 6.45) is 2.05. The number of aliphatic carboxylic acids is 1. The molecule has 2 N–H and O–H groups in total. The maximum absolute atomic E-state index is 10.9. The van der Waals surface area contributed by atoms with Crippen molar-refractivity contribution >= 4 is 5.97 Å². The van der Waals surface area contributed by atoms with Crippen LogP contribution < -0.4 is 5.32 Å². The van der Waals surface area contributed by atoms with Gasteiger partial charge < -0.3 is 10.4 Å². The number of rotatable bonds is 3. The summed E-state index contributed by atoms with van der Waals surface area (Å²) in [6.45, 7) is 5.64. The molecule has 0 radical (unpaired) electrons. The maximum Gasteiger partial charge on any atom is 0.308 e. The third kappa shape index (κ3) is 1.61. The smallest absolute Gasteiger partial charge is 0.308 e.